The highest BCUT2D eigenvalue weighted by molar-refractivity contribution is 7.56. The van der Waals surface area contributed by atoms with Crippen LogP contribution in [0.15, 0.2) is 68.3 Å². The first-order chi connectivity index (χ1) is 20.0. The third-order valence-corrected chi connectivity index (χ3v) is 6.90. The molecule has 3 N–H and O–H groups in total. The number of ether oxygens (including phenoxy) is 4. The van der Waals surface area contributed by atoms with E-state index in [1.54, 1.807) is 24.3 Å². The monoisotopic (exact) mass is 609 g/mol. The third kappa shape index (κ3) is 15.2. The summed E-state index contributed by atoms with van der Waals surface area (Å²) in [5.41, 5.74) is 0.733. The topological polar surface area (TPSA) is 168 Å². The van der Waals surface area contributed by atoms with Crippen LogP contribution in [0, 0.1) is 5.92 Å². The molecule has 0 spiro atoms. The van der Waals surface area contributed by atoms with E-state index < -0.39 is 56.6 Å². The van der Waals surface area contributed by atoms with Crippen molar-refractivity contribution in [2.24, 2.45) is 5.92 Å². The molecule has 14 heteroatoms. The molecule has 0 saturated carbocycles. The summed E-state index contributed by atoms with van der Waals surface area (Å²) in [6.07, 6.45) is 1.61. The van der Waals surface area contributed by atoms with Crippen molar-refractivity contribution >= 4 is 31.6 Å². The predicted octanol–water partition coefficient (Wildman–Crippen LogP) is 3.82. The van der Waals surface area contributed by atoms with Gasteiger partial charge in [-0.3, -0.25) is 9.36 Å². The van der Waals surface area contributed by atoms with E-state index in [1.807, 2.05) is 19.9 Å². The maximum atomic E-state index is 13.7. The van der Waals surface area contributed by atoms with Crippen LogP contribution in [0.5, 0.6) is 0 Å². The number of carbonyl (C=O) groups is 4. The SMILES string of the molecule is C=CCOC(=O)OC[C@H](NP(=O)(CNC(=O)OCc1ccccc1)OCC=C)C(=O)N[C@@H](CC(C)C)C(=O)OCC=C. The van der Waals surface area contributed by atoms with Crippen LogP contribution in [0.25, 0.3) is 0 Å². The van der Waals surface area contributed by atoms with E-state index >= 15 is 0 Å². The Labute approximate surface area is 246 Å². The molecule has 1 rings (SSSR count). The lowest BCUT2D eigenvalue weighted by atomic mass is 10.0. The van der Waals surface area contributed by atoms with Crippen molar-refractivity contribution < 1.29 is 47.2 Å². The second-order valence-corrected chi connectivity index (χ2v) is 11.3. The summed E-state index contributed by atoms with van der Waals surface area (Å²) >= 11 is 0. The minimum Gasteiger partial charge on any atom is -0.460 e. The number of benzene rings is 1. The van der Waals surface area contributed by atoms with Gasteiger partial charge < -0.3 is 34.1 Å². The highest BCUT2D eigenvalue weighted by Crippen LogP contribution is 2.41. The first-order valence-corrected chi connectivity index (χ1v) is 14.9. The standard InChI is InChI=1S/C28H40N3O10P/c1-6-14-37-26(33)23(17-21(4)5)30-25(32)24(19-40-28(35)38-15-7-2)31-42(36,41-16-8-3)20-29-27(34)39-18-22-12-10-9-11-13-22/h6-13,21,23-24H,1-3,14-20H2,4-5H3,(H,29,34)(H,30,32)(H,31,36)/t23-,24-,42?/m0/s1. The zero-order valence-electron chi connectivity index (χ0n) is 24.0. The van der Waals surface area contributed by atoms with E-state index in [-0.39, 0.29) is 38.8 Å². The average molecular weight is 610 g/mol. The number of hydrogen-bond donors (Lipinski definition) is 3. The Morgan fingerprint density at radius 2 is 1.52 bits per heavy atom. The number of esters is 1. The molecular formula is C28H40N3O10P. The molecule has 1 aromatic rings. The lowest BCUT2D eigenvalue weighted by Crippen LogP contribution is -2.52. The van der Waals surface area contributed by atoms with E-state index in [1.165, 1.54) is 18.2 Å². The lowest BCUT2D eigenvalue weighted by Gasteiger charge is -2.27. The van der Waals surface area contributed by atoms with Crippen LogP contribution in [-0.4, -0.2) is 68.9 Å². The van der Waals surface area contributed by atoms with Gasteiger partial charge in [0.1, 0.15) is 44.8 Å². The van der Waals surface area contributed by atoms with Crippen LogP contribution < -0.4 is 15.7 Å². The highest BCUT2D eigenvalue weighted by atomic mass is 31.2. The summed E-state index contributed by atoms with van der Waals surface area (Å²) in [7, 11) is -4.06. The van der Waals surface area contributed by atoms with E-state index in [4.69, 9.17) is 23.5 Å². The van der Waals surface area contributed by atoms with Crippen LogP contribution in [-0.2, 0) is 44.2 Å². The average Bonchev–Trinajstić information content (AvgIpc) is 2.97. The molecule has 1 unspecified atom stereocenters. The van der Waals surface area contributed by atoms with Gasteiger partial charge >= 0.3 is 18.2 Å². The molecule has 0 aliphatic rings. The molecule has 232 valence electrons. The van der Waals surface area contributed by atoms with E-state index in [9.17, 15) is 23.7 Å². The van der Waals surface area contributed by atoms with Gasteiger partial charge in [0.25, 0.3) is 7.52 Å². The molecule has 0 heterocycles. The van der Waals surface area contributed by atoms with Crippen LogP contribution in [0.4, 0.5) is 9.59 Å². The molecule has 0 aromatic heterocycles. The Balaban J connectivity index is 3.08. The minimum atomic E-state index is -4.06. The van der Waals surface area contributed by atoms with Crippen molar-refractivity contribution in [3.05, 3.63) is 73.9 Å². The van der Waals surface area contributed by atoms with Crippen LogP contribution >= 0.6 is 7.52 Å². The smallest absolute Gasteiger partial charge is 0.460 e. The van der Waals surface area contributed by atoms with Gasteiger partial charge in [0, 0.05) is 0 Å². The van der Waals surface area contributed by atoms with Gasteiger partial charge in [-0.2, -0.15) is 0 Å². The van der Waals surface area contributed by atoms with Gasteiger partial charge in [0.05, 0.1) is 6.61 Å². The maximum Gasteiger partial charge on any atom is 0.508 e. The fourth-order valence-electron chi connectivity index (χ4n) is 3.17. The number of rotatable bonds is 20. The third-order valence-electron chi connectivity index (χ3n) is 5.05. The van der Waals surface area contributed by atoms with E-state index in [0.29, 0.717) is 0 Å². The Bertz CT molecular complexity index is 1100. The molecule has 0 aliphatic carbocycles. The van der Waals surface area contributed by atoms with Crippen molar-refractivity contribution in [3.8, 4) is 0 Å². The number of alkyl carbamates (subject to hydrolysis) is 1. The number of amides is 2. The summed E-state index contributed by atoms with van der Waals surface area (Å²) < 4.78 is 39.1. The van der Waals surface area contributed by atoms with Crippen LogP contribution in [0.2, 0.25) is 0 Å². The van der Waals surface area contributed by atoms with Gasteiger partial charge in [0.2, 0.25) is 5.91 Å². The number of hydrogen-bond acceptors (Lipinski definition) is 10. The van der Waals surface area contributed by atoms with Gasteiger partial charge in [-0.15, -0.1) is 6.58 Å². The van der Waals surface area contributed by atoms with Crippen molar-refractivity contribution in [2.75, 3.05) is 32.7 Å². The molecule has 1 aromatic carbocycles. The zero-order chi connectivity index (χ0) is 31.4. The molecule has 2 amide bonds. The Kier molecular flexibility index (Phi) is 17.2. The van der Waals surface area contributed by atoms with Crippen molar-refractivity contribution in [3.63, 3.8) is 0 Å². The van der Waals surface area contributed by atoms with Gasteiger partial charge in [-0.05, 0) is 17.9 Å². The normalized spacial score (nSPS) is 13.4. The number of nitrogens with one attached hydrogen (secondary N) is 3. The Hall–Kier alpha value is -3.93. The zero-order valence-corrected chi connectivity index (χ0v) is 24.8. The minimum absolute atomic E-state index is 0.0174. The summed E-state index contributed by atoms with van der Waals surface area (Å²) in [5, 5.41) is 7.41. The maximum absolute atomic E-state index is 13.7. The summed E-state index contributed by atoms with van der Waals surface area (Å²) in [6.45, 7) is 13.0. The van der Waals surface area contributed by atoms with Crippen LogP contribution in [0.3, 0.4) is 0 Å². The largest absolute Gasteiger partial charge is 0.508 e. The lowest BCUT2D eigenvalue weighted by molar-refractivity contribution is -0.147. The van der Waals surface area contributed by atoms with Gasteiger partial charge in [-0.1, -0.05) is 75.6 Å². The Morgan fingerprint density at radius 1 is 0.881 bits per heavy atom. The summed E-state index contributed by atoms with van der Waals surface area (Å²) in [6, 6.07) is 6.31. The van der Waals surface area contributed by atoms with E-state index in [2.05, 4.69) is 35.5 Å². The summed E-state index contributed by atoms with van der Waals surface area (Å²) in [4.78, 5) is 50.1. The van der Waals surface area contributed by atoms with Gasteiger partial charge in [0.15, 0.2) is 0 Å². The van der Waals surface area contributed by atoms with Crippen molar-refractivity contribution in [1.82, 2.24) is 15.7 Å². The molecule has 42 heavy (non-hydrogen) atoms. The molecule has 0 fully saturated rings. The first-order valence-electron chi connectivity index (χ1n) is 13.1. The van der Waals surface area contributed by atoms with Gasteiger partial charge in [-0.25, -0.2) is 19.5 Å². The van der Waals surface area contributed by atoms with E-state index in [0.717, 1.165) is 5.56 Å². The second kappa shape index (κ2) is 20.0. The number of carbonyl (C=O) groups excluding carboxylic acids is 4. The quantitative estimate of drug-likeness (QED) is 0.0851. The molecule has 0 saturated heterocycles. The fraction of sp³-hybridized carbons (Fsp3) is 0.429. The fourth-order valence-corrected chi connectivity index (χ4v) is 4.78. The van der Waals surface area contributed by atoms with Crippen LogP contribution in [0.1, 0.15) is 25.8 Å². The second-order valence-electron chi connectivity index (χ2n) is 9.11. The molecule has 0 aliphatic heterocycles. The first kappa shape index (κ1) is 36.1. The molecule has 0 bridgehead atoms. The molecule has 0 radical (unpaired) electrons. The van der Waals surface area contributed by atoms with Crippen molar-refractivity contribution in [1.29, 1.82) is 0 Å². The molecule has 13 nitrogen and oxygen atoms in total. The molecule has 3 atom stereocenters. The highest BCUT2D eigenvalue weighted by Gasteiger charge is 2.35. The summed E-state index contributed by atoms with van der Waals surface area (Å²) in [5.74, 6) is -1.59. The predicted molar refractivity (Wildman–Crippen MR) is 155 cm³/mol. The molecular weight excluding hydrogens is 569 g/mol. The van der Waals surface area contributed by atoms with Crippen molar-refractivity contribution in [2.45, 2.75) is 39.0 Å². The Morgan fingerprint density at radius 3 is 2.14 bits per heavy atom.